The molecule has 2 aromatic carbocycles. The van der Waals surface area contributed by atoms with E-state index in [1.54, 1.807) is 11.3 Å². The zero-order valence-electron chi connectivity index (χ0n) is 18.9. The van der Waals surface area contributed by atoms with E-state index in [-0.39, 0.29) is 5.91 Å². The highest BCUT2D eigenvalue weighted by molar-refractivity contribution is 7.22. The summed E-state index contributed by atoms with van der Waals surface area (Å²) in [6.07, 6.45) is 4.48. The molecule has 1 saturated heterocycles. The van der Waals surface area contributed by atoms with Crippen LogP contribution in [-0.2, 0) is 6.42 Å². The van der Waals surface area contributed by atoms with Crippen molar-refractivity contribution >= 4 is 32.6 Å². The second kappa shape index (κ2) is 10.7. The lowest BCUT2D eigenvalue weighted by atomic mass is 10.1. The van der Waals surface area contributed by atoms with Gasteiger partial charge in [0, 0.05) is 25.2 Å². The van der Waals surface area contributed by atoms with Gasteiger partial charge in [0.25, 0.3) is 5.91 Å². The SMILES string of the molecule is CCOc1ccc(CCNC(=O)c2ccc3nc(N4CCCCC4)sc3c2)cc1OCC. The highest BCUT2D eigenvalue weighted by Gasteiger charge is 2.16. The van der Waals surface area contributed by atoms with E-state index in [1.165, 1.54) is 19.3 Å². The number of hydrogen-bond acceptors (Lipinski definition) is 6. The quantitative estimate of drug-likeness (QED) is 0.491. The predicted molar refractivity (Wildman–Crippen MR) is 131 cm³/mol. The Labute approximate surface area is 193 Å². The first kappa shape index (κ1) is 22.4. The van der Waals surface area contributed by atoms with Crippen molar-refractivity contribution in [2.24, 2.45) is 0 Å². The van der Waals surface area contributed by atoms with E-state index in [9.17, 15) is 4.79 Å². The van der Waals surface area contributed by atoms with E-state index >= 15 is 0 Å². The van der Waals surface area contributed by atoms with Crippen LogP contribution < -0.4 is 19.7 Å². The minimum absolute atomic E-state index is 0.0595. The van der Waals surface area contributed by atoms with Gasteiger partial charge >= 0.3 is 0 Å². The van der Waals surface area contributed by atoms with Crippen LogP contribution >= 0.6 is 11.3 Å². The van der Waals surface area contributed by atoms with E-state index in [1.807, 2.05) is 50.2 Å². The predicted octanol–water partition coefficient (Wildman–Crippen LogP) is 5.06. The highest BCUT2D eigenvalue weighted by Crippen LogP contribution is 2.31. The molecule has 6 nitrogen and oxygen atoms in total. The average Bonchev–Trinajstić information content (AvgIpc) is 3.25. The molecule has 0 spiro atoms. The van der Waals surface area contributed by atoms with Gasteiger partial charge in [-0.1, -0.05) is 17.4 Å². The summed E-state index contributed by atoms with van der Waals surface area (Å²) < 4.78 is 12.4. The summed E-state index contributed by atoms with van der Waals surface area (Å²) in [5, 5.41) is 4.10. The molecular formula is C25H31N3O3S. The molecule has 170 valence electrons. The van der Waals surface area contributed by atoms with Crippen molar-refractivity contribution in [1.82, 2.24) is 10.3 Å². The Morgan fingerprint density at radius 2 is 1.81 bits per heavy atom. The summed E-state index contributed by atoms with van der Waals surface area (Å²) in [7, 11) is 0. The molecule has 3 aromatic rings. The van der Waals surface area contributed by atoms with Gasteiger partial charge in [-0.2, -0.15) is 0 Å². The Hall–Kier alpha value is -2.80. The van der Waals surface area contributed by atoms with Gasteiger partial charge in [-0.3, -0.25) is 4.79 Å². The first-order chi connectivity index (χ1) is 15.7. The highest BCUT2D eigenvalue weighted by atomic mass is 32.1. The van der Waals surface area contributed by atoms with Crippen LogP contribution in [-0.4, -0.2) is 43.7 Å². The van der Waals surface area contributed by atoms with Gasteiger partial charge in [0.2, 0.25) is 0 Å². The average molecular weight is 454 g/mol. The molecule has 1 aliphatic rings. The fourth-order valence-electron chi connectivity index (χ4n) is 3.95. The third-order valence-electron chi connectivity index (χ3n) is 5.57. The normalized spacial score (nSPS) is 13.9. The fraction of sp³-hybridized carbons (Fsp3) is 0.440. The second-order valence-electron chi connectivity index (χ2n) is 7.88. The number of ether oxygens (including phenoxy) is 2. The number of nitrogens with zero attached hydrogens (tertiary/aromatic N) is 2. The van der Waals surface area contributed by atoms with Crippen LogP contribution in [0.3, 0.4) is 0 Å². The lowest BCUT2D eigenvalue weighted by Crippen LogP contribution is -2.29. The van der Waals surface area contributed by atoms with Gasteiger partial charge in [0.1, 0.15) is 0 Å². The third kappa shape index (κ3) is 5.33. The number of thiazole rings is 1. The number of amides is 1. The summed E-state index contributed by atoms with van der Waals surface area (Å²) in [5.41, 5.74) is 2.74. The van der Waals surface area contributed by atoms with Gasteiger partial charge < -0.3 is 19.7 Å². The molecule has 0 atom stereocenters. The first-order valence-electron chi connectivity index (χ1n) is 11.5. The molecule has 1 aliphatic heterocycles. The van der Waals surface area contributed by atoms with E-state index in [0.717, 1.165) is 51.9 Å². The maximum atomic E-state index is 12.7. The van der Waals surface area contributed by atoms with Crippen LogP contribution in [0.25, 0.3) is 10.2 Å². The Balaban J connectivity index is 1.37. The maximum absolute atomic E-state index is 12.7. The van der Waals surface area contributed by atoms with Crippen molar-refractivity contribution in [1.29, 1.82) is 0 Å². The van der Waals surface area contributed by atoms with Crippen LogP contribution in [0.15, 0.2) is 36.4 Å². The topological polar surface area (TPSA) is 63.7 Å². The number of carbonyl (C=O) groups is 1. The van der Waals surface area contributed by atoms with Crippen molar-refractivity contribution in [2.45, 2.75) is 39.5 Å². The molecule has 1 N–H and O–H groups in total. The van der Waals surface area contributed by atoms with Crippen LogP contribution in [0.5, 0.6) is 11.5 Å². The number of hydrogen-bond donors (Lipinski definition) is 1. The number of aromatic nitrogens is 1. The van der Waals surface area contributed by atoms with Crippen LogP contribution in [0.1, 0.15) is 49.0 Å². The fourth-order valence-corrected chi connectivity index (χ4v) is 5.00. The van der Waals surface area contributed by atoms with Crippen molar-refractivity contribution in [3.05, 3.63) is 47.5 Å². The van der Waals surface area contributed by atoms with Gasteiger partial charge in [0.15, 0.2) is 16.6 Å². The third-order valence-corrected chi connectivity index (χ3v) is 6.65. The first-order valence-corrected chi connectivity index (χ1v) is 12.3. The molecule has 0 saturated carbocycles. The summed E-state index contributed by atoms with van der Waals surface area (Å²) in [6, 6.07) is 11.7. The zero-order chi connectivity index (χ0) is 22.3. The Morgan fingerprint density at radius 3 is 2.59 bits per heavy atom. The van der Waals surface area contributed by atoms with Crippen molar-refractivity contribution in [3.63, 3.8) is 0 Å². The molecule has 4 rings (SSSR count). The summed E-state index contributed by atoms with van der Waals surface area (Å²) in [6.45, 7) is 7.79. The Bertz CT molecular complexity index is 1060. The maximum Gasteiger partial charge on any atom is 0.251 e. The summed E-state index contributed by atoms with van der Waals surface area (Å²) >= 11 is 1.68. The molecular weight excluding hydrogens is 422 g/mol. The van der Waals surface area contributed by atoms with E-state index in [4.69, 9.17) is 14.5 Å². The zero-order valence-corrected chi connectivity index (χ0v) is 19.7. The van der Waals surface area contributed by atoms with Gasteiger partial charge in [-0.25, -0.2) is 4.98 Å². The monoisotopic (exact) mass is 453 g/mol. The molecule has 2 heterocycles. The van der Waals surface area contributed by atoms with Crippen LogP contribution in [0.2, 0.25) is 0 Å². The number of nitrogens with one attached hydrogen (secondary N) is 1. The standard InChI is InChI=1S/C25H31N3O3S/c1-3-30-21-11-8-18(16-22(21)31-4-2)12-13-26-24(29)19-9-10-20-23(17-19)32-25(27-20)28-14-6-5-7-15-28/h8-11,16-17H,3-7,12-15H2,1-2H3,(H,26,29). The number of anilines is 1. The molecule has 0 unspecified atom stereocenters. The molecule has 1 amide bonds. The van der Waals surface area contributed by atoms with Crippen LogP contribution in [0.4, 0.5) is 5.13 Å². The number of piperidine rings is 1. The number of carbonyl (C=O) groups excluding carboxylic acids is 1. The second-order valence-corrected chi connectivity index (χ2v) is 8.89. The smallest absolute Gasteiger partial charge is 0.251 e. The lowest BCUT2D eigenvalue weighted by Gasteiger charge is -2.25. The molecule has 1 aromatic heterocycles. The summed E-state index contributed by atoms with van der Waals surface area (Å²) in [5.74, 6) is 1.44. The van der Waals surface area contributed by atoms with E-state index < -0.39 is 0 Å². The van der Waals surface area contributed by atoms with Crippen molar-refractivity contribution in [3.8, 4) is 11.5 Å². The number of benzene rings is 2. The minimum Gasteiger partial charge on any atom is -0.490 e. The van der Waals surface area contributed by atoms with Gasteiger partial charge in [0.05, 0.1) is 23.4 Å². The van der Waals surface area contributed by atoms with E-state index in [2.05, 4.69) is 10.2 Å². The van der Waals surface area contributed by atoms with Gasteiger partial charge in [-0.05, 0) is 75.4 Å². The Morgan fingerprint density at radius 1 is 1.03 bits per heavy atom. The molecule has 7 heteroatoms. The molecule has 32 heavy (non-hydrogen) atoms. The van der Waals surface area contributed by atoms with E-state index in [0.29, 0.717) is 25.3 Å². The minimum atomic E-state index is -0.0595. The molecule has 1 fully saturated rings. The summed E-state index contributed by atoms with van der Waals surface area (Å²) in [4.78, 5) is 19.8. The van der Waals surface area contributed by atoms with Crippen molar-refractivity contribution < 1.29 is 14.3 Å². The Kier molecular flexibility index (Phi) is 7.47. The number of fused-ring (bicyclic) bond motifs is 1. The molecule has 0 radical (unpaired) electrons. The van der Waals surface area contributed by atoms with Crippen LogP contribution in [0, 0.1) is 0 Å². The molecule has 0 aliphatic carbocycles. The lowest BCUT2D eigenvalue weighted by molar-refractivity contribution is 0.0954. The number of rotatable bonds is 9. The van der Waals surface area contributed by atoms with Crippen molar-refractivity contribution in [2.75, 3.05) is 37.7 Å². The molecule has 0 bridgehead atoms. The largest absolute Gasteiger partial charge is 0.490 e. The van der Waals surface area contributed by atoms with Gasteiger partial charge in [-0.15, -0.1) is 0 Å².